The highest BCUT2D eigenvalue weighted by Crippen LogP contribution is 2.44. The van der Waals surface area contributed by atoms with Crippen LogP contribution in [0.3, 0.4) is 0 Å². The van der Waals surface area contributed by atoms with Gasteiger partial charge in [0.15, 0.2) is 11.5 Å². The molecule has 1 saturated heterocycles. The van der Waals surface area contributed by atoms with Crippen LogP contribution >= 0.6 is 69.6 Å². The maximum absolute atomic E-state index is 15.4. The summed E-state index contributed by atoms with van der Waals surface area (Å²) in [7, 11) is 0.950. The van der Waals surface area contributed by atoms with Gasteiger partial charge in [-0.1, -0.05) is 75.7 Å². The van der Waals surface area contributed by atoms with Gasteiger partial charge in [0.1, 0.15) is 19.3 Å². The van der Waals surface area contributed by atoms with Gasteiger partial charge in [-0.2, -0.15) is 26.3 Å². The predicted octanol–water partition coefficient (Wildman–Crippen LogP) is 11.4. The number of rotatable bonds is 11. The monoisotopic (exact) mass is 1110 g/mol. The summed E-state index contributed by atoms with van der Waals surface area (Å²) < 4.78 is 100. The first-order valence-electron chi connectivity index (χ1n) is 22.4. The summed E-state index contributed by atoms with van der Waals surface area (Å²) in [4.78, 5) is 36.6. The van der Waals surface area contributed by atoms with Gasteiger partial charge in [0.05, 0.1) is 43.3 Å². The molecule has 0 aromatic heterocycles. The summed E-state index contributed by atoms with van der Waals surface area (Å²) in [6.45, 7) is 2.65. The number of ether oxygens (including phenoxy) is 3. The van der Waals surface area contributed by atoms with Crippen LogP contribution in [0.5, 0.6) is 11.5 Å². The number of esters is 1. The van der Waals surface area contributed by atoms with Gasteiger partial charge in [-0.05, 0) is 152 Å². The Balaban J connectivity index is 0.000000177. The number of carboxylic acids is 1. The van der Waals surface area contributed by atoms with E-state index in [2.05, 4.69) is 15.0 Å². The number of methoxy groups -OCH3 is 1. The number of carboxylic acid groups (broad SMARTS) is 1. The highest BCUT2D eigenvalue weighted by Gasteiger charge is 2.52. The number of likely N-dealkylation sites (tertiary alicyclic amines) is 1. The SMILES string of the molecule is COC(=O)C(F)(F)C1Cc2cc(Cl)c(Cl)cc2C1.O=C(N[C@H](CN1CCCC1)[C@H](O)c1ccc2c(c1)OCCO2)C(F)(F)C1Cc2cc(Cl)c(Cl)cc2C1.O=C(O)C(F)(F)C1Cc2cc(Cl)c(Cl)cc2C1. The Labute approximate surface area is 434 Å². The molecule has 0 saturated carbocycles. The lowest BCUT2D eigenvalue weighted by Crippen LogP contribution is -2.54. The Kier molecular flexibility index (Phi) is 17.2. The minimum absolute atomic E-state index is 0.00548. The van der Waals surface area contributed by atoms with Crippen LogP contribution < -0.4 is 14.8 Å². The third-order valence-corrected chi connectivity index (χ3v) is 15.5. The quantitative estimate of drug-likeness (QED) is 0.0991. The van der Waals surface area contributed by atoms with E-state index in [1.54, 1.807) is 42.5 Å². The van der Waals surface area contributed by atoms with Gasteiger partial charge >= 0.3 is 29.7 Å². The van der Waals surface area contributed by atoms with E-state index in [-0.39, 0.29) is 45.1 Å². The third-order valence-electron chi connectivity index (χ3n) is 13.4. The van der Waals surface area contributed by atoms with Crippen molar-refractivity contribution in [1.82, 2.24) is 10.2 Å². The molecule has 1 amide bonds. The van der Waals surface area contributed by atoms with Crippen LogP contribution in [0.15, 0.2) is 54.6 Å². The van der Waals surface area contributed by atoms with Crippen molar-refractivity contribution in [2.45, 2.75) is 81.3 Å². The number of amides is 1. The Morgan fingerprint density at radius 1 is 0.634 bits per heavy atom. The van der Waals surface area contributed by atoms with E-state index in [4.69, 9.17) is 84.2 Å². The van der Waals surface area contributed by atoms with Crippen molar-refractivity contribution >= 4 is 87.5 Å². The predicted molar refractivity (Wildman–Crippen MR) is 257 cm³/mol. The van der Waals surface area contributed by atoms with Gasteiger partial charge in [0.25, 0.3) is 5.91 Å². The van der Waals surface area contributed by atoms with Crippen LogP contribution in [-0.2, 0) is 57.6 Å². The molecule has 0 radical (unpaired) electrons. The van der Waals surface area contributed by atoms with Crippen LogP contribution in [0.2, 0.25) is 30.1 Å². The minimum atomic E-state index is -3.72. The number of nitrogens with zero attached hydrogens (tertiary/aromatic N) is 1. The molecule has 4 aromatic carbocycles. The van der Waals surface area contributed by atoms with Crippen LogP contribution in [-0.4, -0.2) is 96.7 Å². The molecule has 0 spiro atoms. The lowest BCUT2D eigenvalue weighted by atomic mass is 9.95. The standard InChI is InChI=1S/C26H28Cl2F2N2O4.C12H10Cl2F2O2.C11H8Cl2F2O2/c27-19-11-16-9-18(10-17(16)12-20(19)28)26(29,30)25(34)31-21(14-32-5-1-2-6-32)24(33)15-3-4-22-23(13-15)36-8-7-35-22;1-18-11(17)12(15,16)8-2-6-4-9(13)10(14)5-7(6)3-8;12-8-3-5-1-7(11(14,15)10(16)17)2-6(5)4-9(8)13/h3-4,11-13,18,21,24,33H,1-2,5-10,14H2,(H,31,34);4-5,8H,2-3H2,1H3;3-4,7H,1-2H2,(H,16,17)/t21-,24-;;/m1../s1. The third kappa shape index (κ3) is 12.2. The largest absolute Gasteiger partial charge is 0.486 e. The first kappa shape index (κ1) is 54.9. The van der Waals surface area contributed by atoms with Crippen LogP contribution in [0.4, 0.5) is 26.3 Å². The molecule has 384 valence electrons. The number of nitrogens with one attached hydrogen (secondary N) is 1. The van der Waals surface area contributed by atoms with Crippen molar-refractivity contribution in [3.05, 3.63) is 124 Å². The Bertz CT molecular complexity index is 2580. The second kappa shape index (κ2) is 22.3. The smallest absolute Gasteiger partial charge is 0.377 e. The summed E-state index contributed by atoms with van der Waals surface area (Å²) in [6.07, 6.45) is 1.01. The number of hydrogen-bond acceptors (Lipinski definition) is 8. The Hall–Kier alpha value is -3.87. The Morgan fingerprint density at radius 2 is 1.01 bits per heavy atom. The zero-order chi connectivity index (χ0) is 51.7. The summed E-state index contributed by atoms with van der Waals surface area (Å²) in [6, 6.07) is 13.4. The van der Waals surface area contributed by atoms with Crippen molar-refractivity contribution < 1.29 is 65.1 Å². The number of halogens is 12. The normalized spacial score (nSPS) is 17.8. The van der Waals surface area contributed by atoms with E-state index >= 15 is 8.78 Å². The van der Waals surface area contributed by atoms with E-state index in [0.29, 0.717) is 93.8 Å². The highest BCUT2D eigenvalue weighted by atomic mass is 35.5. The van der Waals surface area contributed by atoms with Gasteiger partial charge in [-0.25, -0.2) is 9.59 Å². The number of hydrogen-bond donors (Lipinski definition) is 3. The van der Waals surface area contributed by atoms with Crippen LogP contribution in [0.1, 0.15) is 57.9 Å². The molecule has 2 aliphatic heterocycles. The molecule has 0 unspecified atom stereocenters. The van der Waals surface area contributed by atoms with Crippen LogP contribution in [0, 0.1) is 17.8 Å². The second-order valence-electron chi connectivity index (χ2n) is 18.0. The molecule has 4 aromatic rings. The molecular weight excluding hydrogens is 1070 g/mol. The lowest BCUT2D eigenvalue weighted by Gasteiger charge is -2.31. The van der Waals surface area contributed by atoms with E-state index < -0.39 is 65.5 Å². The molecule has 2 atom stereocenters. The maximum atomic E-state index is 15.4. The zero-order valence-corrected chi connectivity index (χ0v) is 42.1. The number of fused-ring (bicyclic) bond motifs is 4. The molecule has 3 aliphatic carbocycles. The Morgan fingerprint density at radius 3 is 1.41 bits per heavy atom. The molecule has 71 heavy (non-hydrogen) atoms. The maximum Gasteiger partial charge on any atom is 0.377 e. The van der Waals surface area contributed by atoms with Gasteiger partial charge in [0.2, 0.25) is 0 Å². The van der Waals surface area contributed by atoms with Crippen molar-refractivity contribution in [3.63, 3.8) is 0 Å². The summed E-state index contributed by atoms with van der Waals surface area (Å²) in [5.74, 6) is -18.4. The second-order valence-corrected chi connectivity index (χ2v) is 20.5. The first-order valence-corrected chi connectivity index (χ1v) is 24.6. The van der Waals surface area contributed by atoms with Crippen molar-refractivity contribution in [2.75, 3.05) is 40.0 Å². The van der Waals surface area contributed by atoms with Gasteiger partial charge in [-0.3, -0.25) is 4.79 Å². The fourth-order valence-corrected chi connectivity index (χ4v) is 10.6. The molecular formula is C49H46Cl6F6N2O8. The average molecular weight is 1120 g/mol. The number of aliphatic carboxylic acids is 1. The number of aliphatic hydroxyl groups is 1. The van der Waals surface area contributed by atoms with E-state index in [0.717, 1.165) is 33.0 Å². The van der Waals surface area contributed by atoms with Crippen LogP contribution in [0.25, 0.3) is 0 Å². The summed E-state index contributed by atoms with van der Waals surface area (Å²) in [5.41, 5.74) is 4.51. The number of benzene rings is 4. The molecule has 0 bridgehead atoms. The van der Waals surface area contributed by atoms with Crippen molar-refractivity contribution in [3.8, 4) is 11.5 Å². The number of aliphatic hydroxyl groups excluding tert-OH is 1. The van der Waals surface area contributed by atoms with E-state index in [1.807, 2.05) is 0 Å². The molecule has 1 fully saturated rings. The first-order chi connectivity index (χ1) is 33.4. The fraction of sp³-hybridized carbons (Fsp3) is 0.449. The number of carbonyl (C=O) groups excluding carboxylic acids is 2. The molecule has 10 nitrogen and oxygen atoms in total. The van der Waals surface area contributed by atoms with Gasteiger partial charge < -0.3 is 34.6 Å². The average Bonchev–Trinajstić information content (AvgIpc) is 4.17. The summed E-state index contributed by atoms with van der Waals surface area (Å²) in [5, 5.41) is 24.0. The summed E-state index contributed by atoms with van der Waals surface area (Å²) >= 11 is 35.3. The molecule has 22 heteroatoms. The number of carbonyl (C=O) groups is 3. The van der Waals surface area contributed by atoms with E-state index in [9.17, 15) is 37.1 Å². The van der Waals surface area contributed by atoms with Crippen molar-refractivity contribution in [2.24, 2.45) is 17.8 Å². The number of alkyl halides is 6. The van der Waals surface area contributed by atoms with Gasteiger partial charge in [0, 0.05) is 24.3 Å². The van der Waals surface area contributed by atoms with Crippen molar-refractivity contribution in [1.29, 1.82) is 0 Å². The fourth-order valence-electron chi connectivity index (χ4n) is 9.48. The molecule has 9 rings (SSSR count). The topological polar surface area (TPSA) is 135 Å². The molecule has 3 N–H and O–H groups in total. The highest BCUT2D eigenvalue weighted by molar-refractivity contribution is 6.43. The lowest BCUT2D eigenvalue weighted by molar-refractivity contribution is -0.176. The van der Waals surface area contributed by atoms with Gasteiger partial charge in [-0.15, -0.1) is 0 Å². The zero-order valence-electron chi connectivity index (χ0n) is 37.6. The van der Waals surface area contributed by atoms with E-state index in [1.165, 1.54) is 12.1 Å². The minimum Gasteiger partial charge on any atom is -0.486 e. The molecule has 2 heterocycles. The molecule has 5 aliphatic rings.